The molecule has 1 saturated carbocycles. The molecular weight excluding hydrogens is 587 g/mol. The Morgan fingerprint density at radius 3 is 2.50 bits per heavy atom. The largest absolute Gasteiger partial charge is 0.401 e. The Balaban J connectivity index is 0.000000292. The Labute approximate surface area is 271 Å². The molecule has 3 saturated heterocycles. The van der Waals surface area contributed by atoms with Gasteiger partial charge in [0.05, 0.1) is 23.8 Å². The van der Waals surface area contributed by atoms with Crippen molar-refractivity contribution in [2.45, 2.75) is 129 Å². The van der Waals surface area contributed by atoms with Crippen molar-refractivity contribution >= 4 is 22.7 Å². The van der Waals surface area contributed by atoms with Crippen LogP contribution < -0.4 is 11.4 Å². The minimum Gasteiger partial charge on any atom is -0.401 e. The molecule has 46 heavy (non-hydrogen) atoms. The first-order chi connectivity index (χ1) is 21.7. The van der Waals surface area contributed by atoms with Crippen LogP contribution in [0, 0.1) is 18.3 Å². The van der Waals surface area contributed by atoms with Gasteiger partial charge in [-0.25, -0.2) is 14.8 Å². The molecule has 0 radical (unpaired) electrons. The zero-order valence-electron chi connectivity index (χ0n) is 28.2. The molecule has 254 valence electrons. The second kappa shape index (κ2) is 13.7. The highest BCUT2D eigenvalue weighted by atomic mass is 19.0. The van der Waals surface area contributed by atoms with E-state index in [0.717, 1.165) is 38.0 Å². The van der Waals surface area contributed by atoms with Crippen LogP contribution >= 0.6 is 0 Å². The number of nitrogens with two attached hydrogens (primary N) is 1. The molecule has 0 bridgehead atoms. The van der Waals surface area contributed by atoms with Crippen molar-refractivity contribution in [3.8, 4) is 0 Å². The molecule has 2 aliphatic carbocycles. The second-order valence-electron chi connectivity index (χ2n) is 14.3. The molecule has 5 heterocycles. The number of carbonyl (C=O) groups is 2. The summed E-state index contributed by atoms with van der Waals surface area (Å²) in [6, 6.07) is -0.129. The van der Waals surface area contributed by atoms with E-state index in [0.29, 0.717) is 79.1 Å². The third-order valence-corrected chi connectivity index (χ3v) is 11.6. The summed E-state index contributed by atoms with van der Waals surface area (Å²) in [6.45, 7) is 12.8. The van der Waals surface area contributed by atoms with E-state index < -0.39 is 5.41 Å². The fraction of sp³-hybridized carbons (Fsp3) is 0.743. The average Bonchev–Trinajstić information content (AvgIpc) is 3.67. The van der Waals surface area contributed by atoms with Gasteiger partial charge in [-0.15, -0.1) is 0 Å². The molecule has 2 aromatic heterocycles. The number of aryl methyl sites for hydroxylation is 2. The lowest BCUT2D eigenvalue weighted by Crippen LogP contribution is -2.42. The normalized spacial score (nSPS) is 29.9. The van der Waals surface area contributed by atoms with Gasteiger partial charge < -0.3 is 10.5 Å². The van der Waals surface area contributed by atoms with Crippen molar-refractivity contribution in [3.63, 3.8) is 0 Å². The molecule has 2 unspecified atom stereocenters. The number of halogens is 1. The smallest absolute Gasteiger partial charge is 0.330 e. The number of ketones is 2. The molecule has 1 spiro atoms. The van der Waals surface area contributed by atoms with Crippen LogP contribution in [0.2, 0.25) is 0 Å². The summed E-state index contributed by atoms with van der Waals surface area (Å²) in [5, 5.41) is 0. The standard InChI is InChI=1S/C25H33N5O4.C10H19N.FH/c1-3-29-19-15(2)27-22(28-23(19)30(24(29)33)16-8-7-13-34-14-16)20(32)17-9-6-12-25(21(17)26)11-5-4-10-18(25)31;1-3-10-5-4-6-11(10)8-9(2)7-10;/h16H,3-14,26H2,1-2H3;9H,3-8H2,1-2H3;1H/t16-,25-;;/m1../s1. The van der Waals surface area contributed by atoms with E-state index in [2.05, 4.69) is 28.7 Å². The zero-order valence-corrected chi connectivity index (χ0v) is 28.2. The molecule has 11 heteroatoms. The Hall–Kier alpha value is -2.92. The number of hydrogen-bond acceptors (Lipinski definition) is 8. The number of ether oxygens (including phenoxy) is 1. The highest BCUT2D eigenvalue weighted by Gasteiger charge is 2.47. The number of imidazole rings is 1. The molecule has 0 amide bonds. The Bertz CT molecular complexity index is 1560. The molecule has 7 rings (SSSR count). The lowest BCUT2D eigenvalue weighted by molar-refractivity contribution is -0.129. The molecule has 2 N–H and O–H groups in total. The first-order valence-corrected chi connectivity index (χ1v) is 17.5. The van der Waals surface area contributed by atoms with Gasteiger partial charge in [-0.05, 0) is 96.9 Å². The third-order valence-electron chi connectivity index (χ3n) is 11.6. The number of fused-ring (bicyclic) bond motifs is 2. The first kappa shape index (κ1) is 34.4. The van der Waals surface area contributed by atoms with Crippen molar-refractivity contribution in [1.82, 2.24) is 24.0 Å². The van der Waals surface area contributed by atoms with Gasteiger partial charge in [-0.3, -0.25) is 28.3 Å². The maximum Gasteiger partial charge on any atom is 0.330 e. The number of aromatic nitrogens is 4. The van der Waals surface area contributed by atoms with Crippen LogP contribution in [0.5, 0.6) is 0 Å². The van der Waals surface area contributed by atoms with Crippen molar-refractivity contribution in [2.75, 3.05) is 26.3 Å². The predicted octanol–water partition coefficient (Wildman–Crippen LogP) is 5.41. The number of nitrogens with zero attached hydrogens (tertiary/aromatic N) is 5. The van der Waals surface area contributed by atoms with Crippen molar-refractivity contribution in [2.24, 2.45) is 17.1 Å². The van der Waals surface area contributed by atoms with E-state index in [-0.39, 0.29) is 33.8 Å². The summed E-state index contributed by atoms with van der Waals surface area (Å²) in [4.78, 5) is 51.8. The number of rotatable bonds is 5. The monoisotopic (exact) mass is 640 g/mol. The zero-order chi connectivity index (χ0) is 31.9. The maximum atomic E-state index is 13.7. The SMILES string of the molecule is CCC12CCCN1CC(C)C2.CCn1c(=O)n([C@@H]2CCCOC2)c2nc(C(=O)C3=C(N)[C@]4(CCCCC4=O)CCC3)nc(C)c21.F. The molecular formula is C35H53FN6O4. The minimum atomic E-state index is -0.715. The van der Waals surface area contributed by atoms with E-state index in [1.807, 2.05) is 6.92 Å². The molecule has 10 nitrogen and oxygen atoms in total. The Kier molecular flexibility index (Phi) is 10.2. The van der Waals surface area contributed by atoms with Crippen LogP contribution in [0.25, 0.3) is 11.2 Å². The number of Topliss-reactive ketones (excluding diaryl/α,β-unsaturated/α-hetero) is 2. The lowest BCUT2D eigenvalue weighted by atomic mass is 9.64. The molecule has 0 aromatic carbocycles. The predicted molar refractivity (Wildman–Crippen MR) is 177 cm³/mol. The summed E-state index contributed by atoms with van der Waals surface area (Å²) in [7, 11) is 0. The van der Waals surface area contributed by atoms with Gasteiger partial charge in [-0.1, -0.05) is 20.3 Å². The van der Waals surface area contributed by atoms with Gasteiger partial charge in [0.15, 0.2) is 5.65 Å². The van der Waals surface area contributed by atoms with E-state index >= 15 is 0 Å². The van der Waals surface area contributed by atoms with Gasteiger partial charge in [0, 0.05) is 42.9 Å². The fourth-order valence-electron chi connectivity index (χ4n) is 9.28. The van der Waals surface area contributed by atoms with Gasteiger partial charge in [-0.2, -0.15) is 0 Å². The molecule has 5 aliphatic rings. The summed E-state index contributed by atoms with van der Waals surface area (Å²) < 4.78 is 8.98. The number of carbonyl (C=O) groups excluding carboxylic acids is 2. The van der Waals surface area contributed by atoms with Crippen LogP contribution in [0.15, 0.2) is 16.1 Å². The molecule has 2 aromatic rings. The van der Waals surface area contributed by atoms with Crippen LogP contribution in [0.1, 0.15) is 127 Å². The average molecular weight is 641 g/mol. The van der Waals surface area contributed by atoms with E-state index in [1.54, 1.807) is 16.1 Å². The highest BCUT2D eigenvalue weighted by molar-refractivity contribution is 6.08. The fourth-order valence-corrected chi connectivity index (χ4v) is 9.28. The Morgan fingerprint density at radius 1 is 1.04 bits per heavy atom. The lowest BCUT2D eigenvalue weighted by Gasteiger charge is -2.40. The van der Waals surface area contributed by atoms with Gasteiger partial charge >= 0.3 is 5.69 Å². The molecule has 3 aliphatic heterocycles. The quantitative estimate of drug-likeness (QED) is 0.431. The van der Waals surface area contributed by atoms with Crippen molar-refractivity contribution < 1.29 is 19.0 Å². The summed E-state index contributed by atoms with van der Waals surface area (Å²) in [5.74, 6) is 0.820. The topological polar surface area (TPSA) is 125 Å². The summed E-state index contributed by atoms with van der Waals surface area (Å²) in [6.07, 6.45) is 12.4. The Morgan fingerprint density at radius 2 is 1.83 bits per heavy atom. The minimum absolute atomic E-state index is 0. The molecule has 4 fully saturated rings. The van der Waals surface area contributed by atoms with E-state index in [1.165, 1.54) is 38.8 Å². The van der Waals surface area contributed by atoms with Crippen molar-refractivity contribution in [3.05, 3.63) is 33.3 Å². The molecule has 4 atom stereocenters. The number of hydrogen-bond donors (Lipinski definition) is 1. The van der Waals surface area contributed by atoms with Crippen LogP contribution in [0.3, 0.4) is 0 Å². The first-order valence-electron chi connectivity index (χ1n) is 17.5. The van der Waals surface area contributed by atoms with Crippen LogP contribution in [-0.2, 0) is 16.1 Å². The van der Waals surface area contributed by atoms with Gasteiger partial charge in [0.2, 0.25) is 11.6 Å². The van der Waals surface area contributed by atoms with Gasteiger partial charge in [0.1, 0.15) is 11.3 Å². The van der Waals surface area contributed by atoms with Crippen LogP contribution in [-0.4, -0.2) is 67.4 Å². The van der Waals surface area contributed by atoms with E-state index in [9.17, 15) is 14.4 Å². The summed E-state index contributed by atoms with van der Waals surface area (Å²) in [5.41, 5.74) is 8.94. The van der Waals surface area contributed by atoms with E-state index in [4.69, 9.17) is 10.5 Å². The third kappa shape index (κ3) is 5.76. The second-order valence-corrected chi connectivity index (χ2v) is 14.3. The highest BCUT2D eigenvalue weighted by Crippen LogP contribution is 2.47. The summed E-state index contributed by atoms with van der Waals surface area (Å²) >= 11 is 0. The maximum absolute atomic E-state index is 13.7. The number of allylic oxidation sites excluding steroid dienone is 2. The van der Waals surface area contributed by atoms with Gasteiger partial charge in [0.25, 0.3) is 0 Å². The van der Waals surface area contributed by atoms with Crippen molar-refractivity contribution in [1.29, 1.82) is 0 Å². The van der Waals surface area contributed by atoms with Crippen LogP contribution in [0.4, 0.5) is 4.70 Å².